The Bertz CT molecular complexity index is 629. The van der Waals surface area contributed by atoms with Crippen molar-refractivity contribution in [3.63, 3.8) is 0 Å². The normalized spacial score (nSPS) is 10.4. The second kappa shape index (κ2) is 4.48. The minimum Gasteiger partial charge on any atom is -0.258 e. The predicted molar refractivity (Wildman–Crippen MR) is 61.0 cm³/mol. The van der Waals surface area contributed by atoms with Crippen LogP contribution in [0.1, 0.15) is 5.56 Å². The first-order valence-electron chi connectivity index (χ1n) is 5.06. The average Bonchev–Trinajstić information content (AvgIpc) is 2.28. The Labute approximate surface area is 101 Å². The van der Waals surface area contributed by atoms with Gasteiger partial charge in [0, 0.05) is 11.8 Å². The van der Waals surface area contributed by atoms with Gasteiger partial charge >= 0.3 is 5.69 Å². The summed E-state index contributed by atoms with van der Waals surface area (Å²) >= 11 is 0. The molecule has 0 unspecified atom stereocenters. The van der Waals surface area contributed by atoms with Crippen LogP contribution in [0.25, 0.3) is 11.3 Å². The molecular weight excluding hydrogens is 242 g/mol. The second-order valence-corrected chi connectivity index (χ2v) is 3.73. The first kappa shape index (κ1) is 12.1. The highest BCUT2D eigenvalue weighted by atomic mass is 19.1. The Kier molecular flexibility index (Phi) is 3.01. The Morgan fingerprint density at radius 1 is 1.28 bits per heavy atom. The fourth-order valence-electron chi connectivity index (χ4n) is 1.59. The number of hydrogen-bond donors (Lipinski definition) is 0. The van der Waals surface area contributed by atoms with E-state index in [2.05, 4.69) is 4.98 Å². The Hall–Kier alpha value is -2.37. The fraction of sp³-hybridized carbons (Fsp3) is 0.0833. The SMILES string of the molecule is Cc1ccnc(-c2ccc(F)c([N+](=O)[O-])c2F)c1. The smallest absolute Gasteiger partial charge is 0.258 e. The zero-order valence-corrected chi connectivity index (χ0v) is 9.35. The van der Waals surface area contributed by atoms with E-state index in [1.54, 1.807) is 19.1 Å². The molecule has 0 bridgehead atoms. The molecule has 0 aliphatic heterocycles. The number of nitro groups is 1. The van der Waals surface area contributed by atoms with Crippen LogP contribution in [0.3, 0.4) is 0 Å². The van der Waals surface area contributed by atoms with E-state index in [0.717, 1.165) is 17.7 Å². The molecule has 0 atom stereocenters. The van der Waals surface area contributed by atoms with Crippen LogP contribution in [-0.4, -0.2) is 9.91 Å². The Morgan fingerprint density at radius 3 is 2.61 bits per heavy atom. The second-order valence-electron chi connectivity index (χ2n) is 3.73. The van der Waals surface area contributed by atoms with Crippen molar-refractivity contribution < 1.29 is 13.7 Å². The lowest BCUT2D eigenvalue weighted by atomic mass is 10.1. The Morgan fingerprint density at radius 2 is 2.00 bits per heavy atom. The van der Waals surface area contributed by atoms with Gasteiger partial charge in [0.05, 0.1) is 10.6 Å². The van der Waals surface area contributed by atoms with Crippen molar-refractivity contribution in [1.29, 1.82) is 0 Å². The summed E-state index contributed by atoms with van der Waals surface area (Å²) in [5.41, 5.74) is -0.190. The van der Waals surface area contributed by atoms with Crippen LogP contribution in [0, 0.1) is 28.7 Å². The first-order valence-corrected chi connectivity index (χ1v) is 5.06. The van der Waals surface area contributed by atoms with Crippen molar-refractivity contribution in [3.8, 4) is 11.3 Å². The highest BCUT2D eigenvalue weighted by molar-refractivity contribution is 5.64. The summed E-state index contributed by atoms with van der Waals surface area (Å²) in [6, 6.07) is 5.28. The van der Waals surface area contributed by atoms with Crippen LogP contribution in [0.4, 0.5) is 14.5 Å². The summed E-state index contributed by atoms with van der Waals surface area (Å²) < 4.78 is 27.1. The molecule has 0 spiro atoms. The van der Waals surface area contributed by atoms with Gasteiger partial charge in [-0.2, -0.15) is 8.78 Å². The molecule has 4 nitrogen and oxygen atoms in total. The van der Waals surface area contributed by atoms with Gasteiger partial charge in [-0.15, -0.1) is 0 Å². The zero-order valence-electron chi connectivity index (χ0n) is 9.35. The number of nitro benzene ring substituents is 1. The van der Waals surface area contributed by atoms with Crippen LogP contribution in [-0.2, 0) is 0 Å². The predicted octanol–water partition coefficient (Wildman–Crippen LogP) is 3.24. The maximum Gasteiger partial charge on any atom is 0.340 e. The van der Waals surface area contributed by atoms with Gasteiger partial charge < -0.3 is 0 Å². The van der Waals surface area contributed by atoms with Crippen molar-refractivity contribution in [3.05, 3.63) is 57.8 Å². The molecule has 92 valence electrons. The molecule has 0 radical (unpaired) electrons. The molecule has 2 aromatic rings. The van der Waals surface area contributed by atoms with Gasteiger partial charge in [0.1, 0.15) is 0 Å². The van der Waals surface area contributed by atoms with E-state index < -0.39 is 22.2 Å². The molecule has 0 amide bonds. The summed E-state index contributed by atoms with van der Waals surface area (Å²) in [7, 11) is 0. The number of hydrogen-bond acceptors (Lipinski definition) is 3. The molecule has 2 rings (SSSR count). The van der Waals surface area contributed by atoms with Crippen LogP contribution >= 0.6 is 0 Å². The third-order valence-corrected chi connectivity index (χ3v) is 2.44. The fourth-order valence-corrected chi connectivity index (χ4v) is 1.59. The molecular formula is C12H8F2N2O2. The van der Waals surface area contributed by atoms with Gasteiger partial charge in [0.15, 0.2) is 0 Å². The van der Waals surface area contributed by atoms with Gasteiger partial charge in [-0.05, 0) is 36.8 Å². The van der Waals surface area contributed by atoms with E-state index >= 15 is 0 Å². The van der Waals surface area contributed by atoms with E-state index in [4.69, 9.17) is 0 Å². The molecule has 18 heavy (non-hydrogen) atoms. The van der Waals surface area contributed by atoms with Gasteiger partial charge in [-0.25, -0.2) is 0 Å². The van der Waals surface area contributed by atoms with Crippen molar-refractivity contribution >= 4 is 5.69 Å². The number of rotatable bonds is 2. The largest absolute Gasteiger partial charge is 0.340 e. The number of aromatic nitrogens is 1. The number of nitrogens with zero attached hydrogens (tertiary/aromatic N) is 2. The number of halogens is 2. The van der Waals surface area contributed by atoms with E-state index in [0.29, 0.717) is 0 Å². The van der Waals surface area contributed by atoms with Crippen molar-refractivity contribution in [2.45, 2.75) is 6.92 Å². The van der Waals surface area contributed by atoms with E-state index in [1.165, 1.54) is 6.20 Å². The van der Waals surface area contributed by atoms with Crippen LogP contribution < -0.4 is 0 Å². The van der Waals surface area contributed by atoms with Gasteiger partial charge in [0.2, 0.25) is 11.6 Å². The lowest BCUT2D eigenvalue weighted by molar-refractivity contribution is -0.390. The summed E-state index contributed by atoms with van der Waals surface area (Å²) in [5.74, 6) is -2.41. The molecule has 0 saturated heterocycles. The van der Waals surface area contributed by atoms with Crippen molar-refractivity contribution in [2.24, 2.45) is 0 Å². The molecule has 1 aromatic heterocycles. The van der Waals surface area contributed by atoms with E-state index in [1.807, 2.05) is 0 Å². The summed E-state index contributed by atoms with van der Waals surface area (Å²) in [5, 5.41) is 10.6. The quantitative estimate of drug-likeness (QED) is 0.607. The van der Waals surface area contributed by atoms with Gasteiger partial charge in [0.25, 0.3) is 0 Å². The summed E-state index contributed by atoms with van der Waals surface area (Å²) in [4.78, 5) is 13.4. The average molecular weight is 250 g/mol. The van der Waals surface area contributed by atoms with Gasteiger partial charge in [-0.1, -0.05) is 0 Å². The van der Waals surface area contributed by atoms with Crippen molar-refractivity contribution in [1.82, 2.24) is 4.98 Å². The molecule has 0 aliphatic rings. The maximum absolute atomic E-state index is 13.9. The molecule has 0 saturated carbocycles. The minimum atomic E-state index is -1.21. The summed E-state index contributed by atoms with van der Waals surface area (Å²) in [6.07, 6.45) is 1.46. The lowest BCUT2D eigenvalue weighted by Crippen LogP contribution is -1.99. The lowest BCUT2D eigenvalue weighted by Gasteiger charge is -2.04. The Balaban J connectivity index is 2.67. The highest BCUT2D eigenvalue weighted by Gasteiger charge is 2.24. The third kappa shape index (κ3) is 2.04. The minimum absolute atomic E-state index is 0.0909. The molecule has 0 aliphatic carbocycles. The van der Waals surface area contributed by atoms with E-state index in [-0.39, 0.29) is 11.3 Å². The molecule has 0 fully saturated rings. The number of pyridine rings is 1. The highest BCUT2D eigenvalue weighted by Crippen LogP contribution is 2.30. The first-order chi connectivity index (χ1) is 8.50. The number of aryl methyl sites for hydroxylation is 1. The molecule has 6 heteroatoms. The monoisotopic (exact) mass is 250 g/mol. The van der Waals surface area contributed by atoms with Crippen molar-refractivity contribution in [2.75, 3.05) is 0 Å². The third-order valence-electron chi connectivity index (χ3n) is 2.44. The standard InChI is InChI=1S/C12H8F2N2O2/c1-7-4-5-15-10(6-7)8-2-3-9(13)12(11(8)14)16(17)18/h2-6H,1H3. The van der Waals surface area contributed by atoms with E-state index in [9.17, 15) is 18.9 Å². The molecule has 0 N–H and O–H groups in total. The number of benzene rings is 1. The molecule has 1 aromatic carbocycles. The molecule has 1 heterocycles. The topological polar surface area (TPSA) is 56.0 Å². The van der Waals surface area contributed by atoms with Crippen LogP contribution in [0.15, 0.2) is 30.5 Å². The van der Waals surface area contributed by atoms with Gasteiger partial charge in [-0.3, -0.25) is 15.1 Å². The van der Waals surface area contributed by atoms with Crippen LogP contribution in [0.2, 0.25) is 0 Å². The summed E-state index contributed by atoms with van der Waals surface area (Å²) in [6.45, 7) is 1.78. The maximum atomic E-state index is 13.9. The van der Waals surface area contributed by atoms with Crippen LogP contribution in [0.5, 0.6) is 0 Å². The zero-order chi connectivity index (χ0) is 13.3.